The van der Waals surface area contributed by atoms with Gasteiger partial charge in [-0.15, -0.1) is 0 Å². The lowest BCUT2D eigenvalue weighted by molar-refractivity contribution is 0.00195. The SMILES string of the molecule is N#CC1(C2COc3ccccc3C2=O)CCOCC1. The first-order valence-corrected chi connectivity index (χ1v) is 6.52. The third kappa shape index (κ3) is 1.91. The summed E-state index contributed by atoms with van der Waals surface area (Å²) in [5, 5.41) is 9.55. The lowest BCUT2D eigenvalue weighted by atomic mass is 9.68. The van der Waals surface area contributed by atoms with Gasteiger partial charge in [0.1, 0.15) is 5.75 Å². The van der Waals surface area contributed by atoms with Crippen LogP contribution in [0.2, 0.25) is 0 Å². The average Bonchev–Trinajstić information content (AvgIpc) is 2.48. The first-order valence-electron chi connectivity index (χ1n) is 6.52. The van der Waals surface area contributed by atoms with Crippen LogP contribution in [-0.4, -0.2) is 25.6 Å². The maximum absolute atomic E-state index is 12.6. The Morgan fingerprint density at radius 2 is 2.00 bits per heavy atom. The molecule has 3 rings (SSSR count). The quantitative estimate of drug-likeness (QED) is 0.773. The van der Waals surface area contributed by atoms with Crippen LogP contribution < -0.4 is 4.74 Å². The summed E-state index contributed by atoms with van der Waals surface area (Å²) in [6.45, 7) is 1.38. The zero-order chi connectivity index (χ0) is 13.3. The summed E-state index contributed by atoms with van der Waals surface area (Å²) in [5.74, 6) is 0.283. The van der Waals surface area contributed by atoms with Crippen molar-refractivity contribution in [2.75, 3.05) is 19.8 Å². The predicted molar refractivity (Wildman–Crippen MR) is 67.9 cm³/mol. The molecule has 4 heteroatoms. The zero-order valence-electron chi connectivity index (χ0n) is 10.6. The van der Waals surface area contributed by atoms with Gasteiger partial charge in [-0.2, -0.15) is 5.26 Å². The fourth-order valence-electron chi connectivity index (χ4n) is 2.92. The van der Waals surface area contributed by atoms with Crippen molar-refractivity contribution in [1.29, 1.82) is 5.26 Å². The molecule has 0 amide bonds. The molecule has 0 aliphatic carbocycles. The van der Waals surface area contributed by atoms with Crippen LogP contribution in [-0.2, 0) is 4.74 Å². The van der Waals surface area contributed by atoms with Crippen LogP contribution in [0, 0.1) is 22.7 Å². The number of para-hydroxylation sites is 1. The summed E-state index contributed by atoms with van der Waals surface area (Å²) >= 11 is 0. The van der Waals surface area contributed by atoms with E-state index in [0.717, 1.165) is 0 Å². The van der Waals surface area contributed by atoms with Crippen molar-refractivity contribution in [3.05, 3.63) is 29.8 Å². The Balaban J connectivity index is 1.95. The van der Waals surface area contributed by atoms with Crippen molar-refractivity contribution in [1.82, 2.24) is 0 Å². The number of fused-ring (bicyclic) bond motifs is 1. The fraction of sp³-hybridized carbons (Fsp3) is 0.467. The summed E-state index contributed by atoms with van der Waals surface area (Å²) in [7, 11) is 0. The zero-order valence-corrected chi connectivity index (χ0v) is 10.6. The van der Waals surface area contributed by atoms with Crippen LogP contribution >= 0.6 is 0 Å². The van der Waals surface area contributed by atoms with Crippen molar-refractivity contribution < 1.29 is 14.3 Å². The monoisotopic (exact) mass is 257 g/mol. The third-order valence-corrected chi connectivity index (χ3v) is 4.15. The molecule has 1 saturated heterocycles. The van der Waals surface area contributed by atoms with Gasteiger partial charge in [0.25, 0.3) is 0 Å². The molecule has 2 aliphatic rings. The second kappa shape index (κ2) is 4.67. The van der Waals surface area contributed by atoms with Gasteiger partial charge in [-0.1, -0.05) is 12.1 Å². The standard InChI is InChI=1S/C15H15NO3/c16-10-15(5-7-18-8-6-15)12-9-19-13-4-2-1-3-11(13)14(12)17/h1-4,12H,5-9H2. The van der Waals surface area contributed by atoms with Crippen LogP contribution in [0.3, 0.4) is 0 Å². The summed E-state index contributed by atoms with van der Waals surface area (Å²) < 4.78 is 11.0. The number of carbonyl (C=O) groups is 1. The van der Waals surface area contributed by atoms with Crippen molar-refractivity contribution in [3.8, 4) is 11.8 Å². The average molecular weight is 257 g/mol. The number of benzene rings is 1. The van der Waals surface area contributed by atoms with Crippen molar-refractivity contribution in [3.63, 3.8) is 0 Å². The molecule has 0 saturated carbocycles. The first kappa shape index (κ1) is 12.2. The van der Waals surface area contributed by atoms with Gasteiger partial charge < -0.3 is 9.47 Å². The molecular formula is C15H15NO3. The first-order chi connectivity index (χ1) is 9.27. The Hall–Kier alpha value is -1.86. The van der Waals surface area contributed by atoms with Gasteiger partial charge in [0.15, 0.2) is 5.78 Å². The molecular weight excluding hydrogens is 242 g/mol. The molecule has 98 valence electrons. The predicted octanol–water partition coefficient (Wildman–Crippen LogP) is 2.20. The van der Waals surface area contributed by atoms with E-state index < -0.39 is 5.41 Å². The molecule has 1 unspecified atom stereocenters. The Labute approximate surface area is 111 Å². The molecule has 0 spiro atoms. The number of ether oxygens (including phenoxy) is 2. The second-order valence-corrected chi connectivity index (χ2v) is 5.10. The van der Waals surface area contributed by atoms with Crippen LogP contribution in [0.25, 0.3) is 0 Å². The lowest BCUT2D eigenvalue weighted by Gasteiger charge is -2.38. The molecule has 1 aromatic rings. The number of Topliss-reactive ketones (excluding diaryl/α,β-unsaturated/α-hetero) is 1. The van der Waals surface area contributed by atoms with Gasteiger partial charge >= 0.3 is 0 Å². The van der Waals surface area contributed by atoms with E-state index in [1.54, 1.807) is 12.1 Å². The van der Waals surface area contributed by atoms with E-state index in [9.17, 15) is 10.1 Å². The number of carbonyl (C=O) groups excluding carboxylic acids is 1. The number of nitriles is 1. The van der Waals surface area contributed by atoms with E-state index in [1.807, 2.05) is 12.1 Å². The Morgan fingerprint density at radius 1 is 1.26 bits per heavy atom. The molecule has 19 heavy (non-hydrogen) atoms. The molecule has 0 aromatic heterocycles. The highest BCUT2D eigenvalue weighted by atomic mass is 16.5. The summed E-state index contributed by atoms with van der Waals surface area (Å²) in [4.78, 5) is 12.6. The number of ketones is 1. The van der Waals surface area contributed by atoms with Gasteiger partial charge in [0.2, 0.25) is 0 Å². The van der Waals surface area contributed by atoms with Gasteiger partial charge in [-0.25, -0.2) is 0 Å². The van der Waals surface area contributed by atoms with Gasteiger partial charge in [0, 0.05) is 13.2 Å². The maximum atomic E-state index is 12.6. The summed E-state index contributed by atoms with van der Waals surface area (Å²) in [6.07, 6.45) is 1.21. The highest BCUT2D eigenvalue weighted by Gasteiger charge is 2.47. The Kier molecular flexibility index (Phi) is 3.00. The maximum Gasteiger partial charge on any atom is 0.174 e. The van der Waals surface area contributed by atoms with Crippen molar-refractivity contribution in [2.24, 2.45) is 11.3 Å². The Bertz CT molecular complexity index is 541. The second-order valence-electron chi connectivity index (χ2n) is 5.10. The van der Waals surface area contributed by atoms with Gasteiger partial charge in [0.05, 0.1) is 29.6 Å². The number of hydrogen-bond acceptors (Lipinski definition) is 4. The third-order valence-electron chi connectivity index (χ3n) is 4.15. The minimum atomic E-state index is -0.636. The molecule has 1 aromatic carbocycles. The van der Waals surface area contributed by atoms with Gasteiger partial charge in [-0.05, 0) is 25.0 Å². The Morgan fingerprint density at radius 3 is 2.74 bits per heavy atom. The van der Waals surface area contributed by atoms with E-state index in [-0.39, 0.29) is 11.7 Å². The minimum Gasteiger partial charge on any atom is -0.492 e. The van der Waals surface area contributed by atoms with E-state index in [0.29, 0.717) is 44.0 Å². The topological polar surface area (TPSA) is 59.3 Å². The summed E-state index contributed by atoms with van der Waals surface area (Å²) in [6, 6.07) is 9.61. The fourth-order valence-corrected chi connectivity index (χ4v) is 2.92. The lowest BCUT2D eigenvalue weighted by Crippen LogP contribution is -2.44. The van der Waals surface area contributed by atoms with Crippen LogP contribution in [0.1, 0.15) is 23.2 Å². The highest BCUT2D eigenvalue weighted by Crippen LogP contribution is 2.42. The molecule has 0 radical (unpaired) electrons. The van der Waals surface area contributed by atoms with E-state index >= 15 is 0 Å². The molecule has 0 bridgehead atoms. The highest BCUT2D eigenvalue weighted by molar-refractivity contribution is 6.02. The van der Waals surface area contributed by atoms with Crippen LogP contribution in [0.4, 0.5) is 0 Å². The van der Waals surface area contributed by atoms with E-state index in [2.05, 4.69) is 6.07 Å². The normalized spacial score (nSPS) is 25.0. The molecule has 2 heterocycles. The van der Waals surface area contributed by atoms with E-state index in [4.69, 9.17) is 9.47 Å². The minimum absolute atomic E-state index is 0.0327. The van der Waals surface area contributed by atoms with Crippen molar-refractivity contribution >= 4 is 5.78 Å². The van der Waals surface area contributed by atoms with E-state index in [1.165, 1.54) is 0 Å². The number of rotatable bonds is 1. The van der Waals surface area contributed by atoms with Crippen molar-refractivity contribution in [2.45, 2.75) is 12.8 Å². The van der Waals surface area contributed by atoms with Crippen LogP contribution in [0.5, 0.6) is 5.75 Å². The summed E-state index contributed by atoms with van der Waals surface area (Å²) in [5.41, 5.74) is -0.0389. The largest absolute Gasteiger partial charge is 0.492 e. The van der Waals surface area contributed by atoms with Crippen LogP contribution in [0.15, 0.2) is 24.3 Å². The molecule has 0 N–H and O–H groups in total. The smallest absolute Gasteiger partial charge is 0.174 e. The molecule has 1 atom stereocenters. The number of hydrogen-bond donors (Lipinski definition) is 0. The number of nitrogens with zero attached hydrogens (tertiary/aromatic N) is 1. The molecule has 1 fully saturated rings. The van der Waals surface area contributed by atoms with Gasteiger partial charge in [-0.3, -0.25) is 4.79 Å². The molecule has 2 aliphatic heterocycles. The molecule has 4 nitrogen and oxygen atoms in total.